The first kappa shape index (κ1) is 17.3. The summed E-state index contributed by atoms with van der Waals surface area (Å²) in [5.74, 6) is -0.00862. The van der Waals surface area contributed by atoms with Gasteiger partial charge in [-0.15, -0.1) is 11.8 Å². The molecule has 3 rings (SSSR count). The Hall–Kier alpha value is -1.53. The van der Waals surface area contributed by atoms with Crippen LogP contribution in [0.4, 0.5) is 5.69 Å². The number of benzene rings is 1. The van der Waals surface area contributed by atoms with Gasteiger partial charge in [0.1, 0.15) is 0 Å². The first-order valence-corrected chi connectivity index (χ1v) is 9.80. The molecule has 2 heterocycles. The number of rotatable bonds is 4. The molecule has 0 radical (unpaired) electrons. The van der Waals surface area contributed by atoms with Crippen molar-refractivity contribution >= 4 is 29.3 Å². The van der Waals surface area contributed by atoms with Crippen molar-refractivity contribution in [2.45, 2.75) is 18.2 Å². The lowest BCUT2D eigenvalue weighted by Gasteiger charge is -2.35. The molecule has 1 unspecified atom stereocenters. The van der Waals surface area contributed by atoms with Crippen molar-refractivity contribution in [2.24, 2.45) is 5.92 Å². The number of piperazine rings is 1. The predicted molar refractivity (Wildman–Crippen MR) is 97.4 cm³/mol. The zero-order chi connectivity index (χ0) is 17.1. The lowest BCUT2D eigenvalue weighted by molar-refractivity contribution is -0.137. The third kappa shape index (κ3) is 3.59. The van der Waals surface area contributed by atoms with Gasteiger partial charge in [-0.3, -0.25) is 9.59 Å². The zero-order valence-corrected chi connectivity index (χ0v) is 15.2. The van der Waals surface area contributed by atoms with Gasteiger partial charge in [0.2, 0.25) is 11.8 Å². The highest BCUT2D eigenvalue weighted by atomic mass is 32.2. The molecule has 130 valence electrons. The van der Waals surface area contributed by atoms with Gasteiger partial charge in [0.05, 0.1) is 5.92 Å². The number of hydrogen-bond donors (Lipinski definition) is 0. The molecule has 5 nitrogen and oxygen atoms in total. The highest BCUT2D eigenvalue weighted by Gasteiger charge is 2.37. The molecular formula is C18H25N3O2S. The third-order valence-corrected chi connectivity index (χ3v) is 5.73. The third-order valence-electron chi connectivity index (χ3n) is 4.99. The van der Waals surface area contributed by atoms with E-state index in [1.54, 1.807) is 16.7 Å². The summed E-state index contributed by atoms with van der Waals surface area (Å²) in [6, 6.07) is 7.98. The normalized spacial score (nSPS) is 22.2. The highest BCUT2D eigenvalue weighted by Crippen LogP contribution is 2.28. The maximum absolute atomic E-state index is 12.7. The summed E-state index contributed by atoms with van der Waals surface area (Å²) in [5.41, 5.74) is 0.893. The second kappa shape index (κ2) is 7.57. The fraction of sp³-hybridized carbons (Fsp3) is 0.556. The molecule has 2 aliphatic heterocycles. The fourth-order valence-electron chi connectivity index (χ4n) is 3.43. The number of carbonyl (C=O) groups is 2. The summed E-state index contributed by atoms with van der Waals surface area (Å²) in [6.07, 6.45) is 2.36. The fourth-order valence-corrected chi connectivity index (χ4v) is 3.84. The number of thioether (sulfide) groups is 1. The van der Waals surface area contributed by atoms with Crippen LogP contribution in [0.15, 0.2) is 29.2 Å². The number of likely N-dealkylation sites (N-methyl/N-ethyl adjacent to an activating group) is 1. The van der Waals surface area contributed by atoms with Crippen LogP contribution in [0, 0.1) is 5.92 Å². The summed E-state index contributed by atoms with van der Waals surface area (Å²) >= 11 is 1.68. The van der Waals surface area contributed by atoms with Crippen molar-refractivity contribution in [3.8, 4) is 0 Å². The molecule has 2 amide bonds. The largest absolute Gasteiger partial charge is 0.340 e. The minimum atomic E-state index is -0.203. The SMILES string of the molecule is CCN1CCN(C(=O)C2CC(=O)N(c3ccc(SC)cc3)C2)CC1. The number of nitrogens with zero attached hydrogens (tertiary/aromatic N) is 3. The number of anilines is 1. The van der Waals surface area contributed by atoms with Crippen molar-refractivity contribution in [2.75, 3.05) is 50.4 Å². The summed E-state index contributed by atoms with van der Waals surface area (Å²) in [7, 11) is 0. The van der Waals surface area contributed by atoms with Crippen LogP contribution in [0.3, 0.4) is 0 Å². The number of hydrogen-bond acceptors (Lipinski definition) is 4. The van der Waals surface area contributed by atoms with Gasteiger partial charge in [-0.25, -0.2) is 0 Å². The first-order valence-electron chi connectivity index (χ1n) is 8.58. The Morgan fingerprint density at radius 1 is 1.17 bits per heavy atom. The van der Waals surface area contributed by atoms with Crippen LogP contribution in [0.5, 0.6) is 0 Å². The Morgan fingerprint density at radius 3 is 2.42 bits per heavy atom. The molecule has 0 N–H and O–H groups in total. The van der Waals surface area contributed by atoms with Gasteiger partial charge in [-0.05, 0) is 37.1 Å². The smallest absolute Gasteiger partial charge is 0.228 e. The number of amides is 2. The van der Waals surface area contributed by atoms with Gasteiger partial charge >= 0.3 is 0 Å². The molecule has 2 saturated heterocycles. The molecule has 0 aliphatic carbocycles. The minimum absolute atomic E-state index is 0.0532. The zero-order valence-electron chi connectivity index (χ0n) is 14.4. The highest BCUT2D eigenvalue weighted by molar-refractivity contribution is 7.98. The van der Waals surface area contributed by atoms with Gasteiger partial charge in [0.25, 0.3) is 0 Å². The molecule has 2 aliphatic rings. The number of carbonyl (C=O) groups excluding carboxylic acids is 2. The Balaban J connectivity index is 1.62. The summed E-state index contributed by atoms with van der Waals surface area (Å²) in [5, 5.41) is 0. The van der Waals surface area contributed by atoms with Crippen LogP contribution >= 0.6 is 11.8 Å². The molecule has 24 heavy (non-hydrogen) atoms. The molecular weight excluding hydrogens is 322 g/mol. The van der Waals surface area contributed by atoms with Gasteiger partial charge in [0, 0.05) is 49.7 Å². The second-order valence-corrected chi connectivity index (χ2v) is 7.24. The monoisotopic (exact) mass is 347 g/mol. The molecule has 6 heteroatoms. The topological polar surface area (TPSA) is 43.9 Å². The van der Waals surface area contributed by atoms with E-state index < -0.39 is 0 Å². The average Bonchev–Trinajstić information content (AvgIpc) is 3.03. The van der Waals surface area contributed by atoms with E-state index in [1.165, 1.54) is 4.90 Å². The first-order chi connectivity index (χ1) is 11.6. The van der Waals surface area contributed by atoms with Crippen molar-refractivity contribution in [3.05, 3.63) is 24.3 Å². The van der Waals surface area contributed by atoms with E-state index in [-0.39, 0.29) is 17.7 Å². The van der Waals surface area contributed by atoms with Crippen LogP contribution in [-0.2, 0) is 9.59 Å². The van der Waals surface area contributed by atoms with Gasteiger partial charge in [-0.1, -0.05) is 6.92 Å². The van der Waals surface area contributed by atoms with Crippen LogP contribution in [0.2, 0.25) is 0 Å². The van der Waals surface area contributed by atoms with E-state index in [4.69, 9.17) is 0 Å². The molecule has 1 aromatic carbocycles. The molecule has 1 atom stereocenters. The van der Waals surface area contributed by atoms with E-state index in [0.717, 1.165) is 38.4 Å². The van der Waals surface area contributed by atoms with Crippen LogP contribution < -0.4 is 4.90 Å². The summed E-state index contributed by atoms with van der Waals surface area (Å²) in [6.45, 7) is 7.10. The van der Waals surface area contributed by atoms with E-state index in [1.807, 2.05) is 35.4 Å². The van der Waals surface area contributed by atoms with Crippen LogP contribution in [-0.4, -0.2) is 67.1 Å². The van der Waals surface area contributed by atoms with Crippen LogP contribution in [0.25, 0.3) is 0 Å². The maximum atomic E-state index is 12.7. The van der Waals surface area contributed by atoms with E-state index in [0.29, 0.717) is 13.0 Å². The molecule has 0 bridgehead atoms. The quantitative estimate of drug-likeness (QED) is 0.781. The van der Waals surface area contributed by atoms with Crippen molar-refractivity contribution in [1.29, 1.82) is 0 Å². The standard InChI is InChI=1S/C18H25N3O2S/c1-3-19-8-10-20(11-9-19)18(23)14-12-17(22)21(13-14)15-4-6-16(24-2)7-5-15/h4-7,14H,3,8-13H2,1-2H3. The Morgan fingerprint density at radius 2 is 1.83 bits per heavy atom. The minimum Gasteiger partial charge on any atom is -0.340 e. The Bertz CT molecular complexity index is 597. The lowest BCUT2D eigenvalue weighted by atomic mass is 10.1. The molecule has 1 aromatic rings. The Labute approximate surface area is 148 Å². The van der Waals surface area contributed by atoms with Gasteiger partial charge in [-0.2, -0.15) is 0 Å². The summed E-state index contributed by atoms with van der Waals surface area (Å²) in [4.78, 5) is 32.3. The van der Waals surface area contributed by atoms with Crippen molar-refractivity contribution in [3.63, 3.8) is 0 Å². The summed E-state index contributed by atoms with van der Waals surface area (Å²) < 4.78 is 0. The lowest BCUT2D eigenvalue weighted by Crippen LogP contribution is -2.50. The van der Waals surface area contributed by atoms with E-state index >= 15 is 0 Å². The van der Waals surface area contributed by atoms with Gasteiger partial charge in [0.15, 0.2) is 0 Å². The van der Waals surface area contributed by atoms with E-state index in [9.17, 15) is 9.59 Å². The molecule has 0 saturated carbocycles. The van der Waals surface area contributed by atoms with Gasteiger partial charge < -0.3 is 14.7 Å². The average molecular weight is 347 g/mol. The van der Waals surface area contributed by atoms with Crippen molar-refractivity contribution in [1.82, 2.24) is 9.80 Å². The maximum Gasteiger partial charge on any atom is 0.228 e. The molecule has 0 aromatic heterocycles. The predicted octanol–water partition coefficient (Wildman–Crippen LogP) is 1.93. The van der Waals surface area contributed by atoms with E-state index in [2.05, 4.69) is 11.8 Å². The Kier molecular flexibility index (Phi) is 5.46. The molecule has 0 spiro atoms. The second-order valence-electron chi connectivity index (χ2n) is 6.36. The molecule has 2 fully saturated rings. The van der Waals surface area contributed by atoms with Crippen LogP contribution in [0.1, 0.15) is 13.3 Å². The van der Waals surface area contributed by atoms with Crippen molar-refractivity contribution < 1.29 is 9.59 Å².